The molecule has 9 heteroatoms. The molecule has 1 fully saturated rings. The van der Waals surface area contributed by atoms with Crippen molar-refractivity contribution < 1.29 is 22.7 Å². The Labute approximate surface area is 139 Å². The van der Waals surface area contributed by atoms with Crippen LogP contribution in [0.1, 0.15) is 25.7 Å². The SMILES string of the molecule is COCCNCCNS(=O)(=O)C1CCCCC1C(=O)OC.Cl. The van der Waals surface area contributed by atoms with Crippen LogP contribution in [-0.4, -0.2) is 60.1 Å². The van der Waals surface area contributed by atoms with E-state index < -0.39 is 27.2 Å². The second-order valence-corrected chi connectivity index (χ2v) is 7.12. The van der Waals surface area contributed by atoms with Crippen molar-refractivity contribution in [3.63, 3.8) is 0 Å². The zero-order valence-electron chi connectivity index (χ0n) is 13.2. The van der Waals surface area contributed by atoms with Crippen LogP contribution < -0.4 is 10.0 Å². The first-order valence-electron chi connectivity index (χ1n) is 7.29. The summed E-state index contributed by atoms with van der Waals surface area (Å²) in [6, 6.07) is 0. The van der Waals surface area contributed by atoms with Gasteiger partial charge >= 0.3 is 5.97 Å². The Hall–Kier alpha value is -0.410. The normalized spacial score (nSPS) is 21.9. The summed E-state index contributed by atoms with van der Waals surface area (Å²) in [6.07, 6.45) is 2.77. The molecule has 22 heavy (non-hydrogen) atoms. The van der Waals surface area contributed by atoms with Gasteiger partial charge in [0.1, 0.15) is 0 Å². The number of carbonyl (C=O) groups is 1. The first kappa shape index (κ1) is 21.6. The molecule has 0 aromatic heterocycles. The number of hydrogen-bond acceptors (Lipinski definition) is 6. The first-order valence-corrected chi connectivity index (χ1v) is 8.83. The summed E-state index contributed by atoms with van der Waals surface area (Å²) in [7, 11) is -0.592. The standard InChI is InChI=1S/C13H26N2O5S.ClH/c1-19-10-9-14-7-8-15-21(17,18)12-6-4-3-5-11(12)13(16)20-2;/h11-12,14-15H,3-10H2,1-2H3;1H. The molecule has 1 aliphatic rings. The summed E-state index contributed by atoms with van der Waals surface area (Å²) in [5, 5.41) is 2.38. The molecule has 1 saturated carbocycles. The van der Waals surface area contributed by atoms with E-state index in [1.807, 2.05) is 0 Å². The molecule has 0 aliphatic heterocycles. The van der Waals surface area contributed by atoms with Crippen molar-refractivity contribution in [1.29, 1.82) is 0 Å². The molecule has 132 valence electrons. The zero-order valence-corrected chi connectivity index (χ0v) is 14.8. The molecule has 7 nitrogen and oxygen atoms in total. The molecule has 0 saturated heterocycles. The lowest BCUT2D eigenvalue weighted by atomic mass is 9.89. The van der Waals surface area contributed by atoms with Crippen molar-refractivity contribution in [2.75, 3.05) is 40.5 Å². The largest absolute Gasteiger partial charge is 0.469 e. The maximum atomic E-state index is 12.3. The number of methoxy groups -OCH3 is 2. The smallest absolute Gasteiger partial charge is 0.310 e. The van der Waals surface area contributed by atoms with Gasteiger partial charge in [-0.05, 0) is 12.8 Å². The monoisotopic (exact) mass is 358 g/mol. The third-order valence-corrected chi connectivity index (χ3v) is 5.66. The molecule has 0 radical (unpaired) electrons. The number of rotatable bonds is 9. The van der Waals surface area contributed by atoms with Gasteiger partial charge in [-0.1, -0.05) is 12.8 Å². The van der Waals surface area contributed by atoms with E-state index in [-0.39, 0.29) is 12.4 Å². The summed E-state index contributed by atoms with van der Waals surface area (Å²) in [4.78, 5) is 11.7. The summed E-state index contributed by atoms with van der Waals surface area (Å²) in [6.45, 7) is 2.08. The van der Waals surface area contributed by atoms with Gasteiger partial charge in [0.25, 0.3) is 0 Å². The third-order valence-electron chi connectivity index (χ3n) is 3.69. The molecule has 0 bridgehead atoms. The number of nitrogens with one attached hydrogen (secondary N) is 2. The lowest BCUT2D eigenvalue weighted by molar-refractivity contribution is -0.146. The van der Waals surface area contributed by atoms with Crippen LogP contribution in [-0.2, 0) is 24.3 Å². The van der Waals surface area contributed by atoms with Gasteiger partial charge in [-0.25, -0.2) is 13.1 Å². The summed E-state index contributed by atoms with van der Waals surface area (Å²) < 4.78 is 36.9. The predicted octanol–water partition coefficient (Wildman–Crippen LogP) is 0.295. The lowest BCUT2D eigenvalue weighted by Crippen LogP contribution is -2.45. The molecular formula is C13H27ClN2O5S. The van der Waals surface area contributed by atoms with Gasteiger partial charge in [-0.2, -0.15) is 0 Å². The molecule has 2 N–H and O–H groups in total. The first-order chi connectivity index (χ1) is 10.0. The van der Waals surface area contributed by atoms with Crippen LogP contribution in [0.5, 0.6) is 0 Å². The second-order valence-electron chi connectivity index (χ2n) is 5.13. The Morgan fingerprint density at radius 3 is 2.45 bits per heavy atom. The molecule has 0 spiro atoms. The summed E-state index contributed by atoms with van der Waals surface area (Å²) in [5.41, 5.74) is 0. The fourth-order valence-corrected chi connectivity index (χ4v) is 4.33. The number of halogens is 1. The average molecular weight is 359 g/mol. The fraction of sp³-hybridized carbons (Fsp3) is 0.923. The molecule has 1 rings (SSSR count). The van der Waals surface area contributed by atoms with Crippen LogP contribution in [0.15, 0.2) is 0 Å². The quantitative estimate of drug-likeness (QED) is 0.454. The van der Waals surface area contributed by atoms with Crippen LogP contribution >= 0.6 is 12.4 Å². The van der Waals surface area contributed by atoms with E-state index in [2.05, 4.69) is 10.0 Å². The third kappa shape index (κ3) is 6.78. The summed E-state index contributed by atoms with van der Waals surface area (Å²) >= 11 is 0. The lowest BCUT2D eigenvalue weighted by Gasteiger charge is -2.29. The van der Waals surface area contributed by atoms with Gasteiger partial charge < -0.3 is 14.8 Å². The zero-order chi connectivity index (χ0) is 15.7. The maximum absolute atomic E-state index is 12.3. The van der Waals surface area contributed by atoms with Crippen molar-refractivity contribution >= 4 is 28.4 Å². The van der Waals surface area contributed by atoms with E-state index in [0.717, 1.165) is 12.8 Å². The van der Waals surface area contributed by atoms with Crippen LogP contribution in [0.4, 0.5) is 0 Å². The van der Waals surface area contributed by atoms with Crippen molar-refractivity contribution in [2.24, 2.45) is 5.92 Å². The van der Waals surface area contributed by atoms with Crippen molar-refractivity contribution in [1.82, 2.24) is 10.0 Å². The van der Waals surface area contributed by atoms with Crippen LogP contribution in [0.25, 0.3) is 0 Å². The van der Waals surface area contributed by atoms with E-state index in [0.29, 0.717) is 39.1 Å². The van der Waals surface area contributed by atoms with E-state index in [9.17, 15) is 13.2 Å². The Balaban J connectivity index is 0.00000441. The van der Waals surface area contributed by atoms with Crippen molar-refractivity contribution in [3.8, 4) is 0 Å². The summed E-state index contributed by atoms with van der Waals surface area (Å²) in [5.74, 6) is -0.981. The van der Waals surface area contributed by atoms with Crippen LogP contribution in [0, 0.1) is 5.92 Å². The molecule has 2 unspecified atom stereocenters. The fourth-order valence-electron chi connectivity index (χ4n) is 2.58. The topological polar surface area (TPSA) is 93.7 Å². The van der Waals surface area contributed by atoms with Gasteiger partial charge in [0, 0.05) is 26.7 Å². The molecule has 2 atom stereocenters. The molecule has 0 amide bonds. The molecule has 0 aromatic rings. The molecule has 1 aliphatic carbocycles. The number of sulfonamides is 1. The predicted molar refractivity (Wildman–Crippen MR) is 86.7 cm³/mol. The van der Waals surface area contributed by atoms with E-state index in [4.69, 9.17) is 9.47 Å². The Kier molecular flexibility index (Phi) is 11.0. The van der Waals surface area contributed by atoms with Crippen LogP contribution in [0.2, 0.25) is 0 Å². The highest BCUT2D eigenvalue weighted by Crippen LogP contribution is 2.30. The Morgan fingerprint density at radius 1 is 1.14 bits per heavy atom. The van der Waals surface area contributed by atoms with Gasteiger partial charge in [-0.15, -0.1) is 12.4 Å². The minimum atomic E-state index is -3.50. The van der Waals surface area contributed by atoms with Gasteiger partial charge in [0.15, 0.2) is 0 Å². The van der Waals surface area contributed by atoms with Gasteiger partial charge in [0.2, 0.25) is 10.0 Å². The maximum Gasteiger partial charge on any atom is 0.310 e. The molecular weight excluding hydrogens is 332 g/mol. The highest BCUT2D eigenvalue weighted by Gasteiger charge is 2.39. The van der Waals surface area contributed by atoms with E-state index in [1.165, 1.54) is 7.11 Å². The van der Waals surface area contributed by atoms with Crippen molar-refractivity contribution in [2.45, 2.75) is 30.9 Å². The van der Waals surface area contributed by atoms with Gasteiger partial charge in [0.05, 0.1) is 24.9 Å². The van der Waals surface area contributed by atoms with Crippen LogP contribution in [0.3, 0.4) is 0 Å². The number of carbonyl (C=O) groups excluding carboxylic acids is 1. The molecule has 0 aromatic carbocycles. The average Bonchev–Trinajstić information content (AvgIpc) is 2.50. The van der Waals surface area contributed by atoms with Gasteiger partial charge in [-0.3, -0.25) is 4.79 Å². The highest BCUT2D eigenvalue weighted by molar-refractivity contribution is 7.90. The Bertz CT molecular complexity index is 419. The minimum absolute atomic E-state index is 0. The number of esters is 1. The molecule has 0 heterocycles. The second kappa shape index (κ2) is 11.2. The van der Waals surface area contributed by atoms with E-state index >= 15 is 0 Å². The Morgan fingerprint density at radius 2 is 1.82 bits per heavy atom. The van der Waals surface area contributed by atoms with Crippen molar-refractivity contribution in [3.05, 3.63) is 0 Å². The number of ether oxygens (including phenoxy) is 2. The minimum Gasteiger partial charge on any atom is -0.469 e. The van der Waals surface area contributed by atoms with E-state index in [1.54, 1.807) is 7.11 Å². The number of hydrogen-bond donors (Lipinski definition) is 2. The highest BCUT2D eigenvalue weighted by atomic mass is 35.5.